The van der Waals surface area contributed by atoms with Gasteiger partial charge in [0.2, 0.25) is 0 Å². The number of hydrogen-bond acceptors (Lipinski definition) is 2. The molecule has 0 aliphatic carbocycles. The SMILES string of the molecule is CCOC(=O)C[C@H](Br)CC(C)C. The average molecular weight is 237 g/mol. The monoisotopic (exact) mass is 236 g/mol. The third-order valence-corrected chi connectivity index (χ3v) is 2.12. The number of rotatable bonds is 5. The largest absolute Gasteiger partial charge is 0.466 e. The van der Waals surface area contributed by atoms with E-state index in [9.17, 15) is 4.79 Å². The van der Waals surface area contributed by atoms with Crippen molar-refractivity contribution in [1.82, 2.24) is 0 Å². The quantitative estimate of drug-likeness (QED) is 0.542. The van der Waals surface area contributed by atoms with Crippen LogP contribution in [0.4, 0.5) is 0 Å². The van der Waals surface area contributed by atoms with Crippen molar-refractivity contribution < 1.29 is 9.53 Å². The highest BCUT2D eigenvalue weighted by Crippen LogP contribution is 2.16. The number of halogens is 1. The number of carbonyl (C=O) groups excluding carboxylic acids is 1. The molecule has 0 amide bonds. The Morgan fingerprint density at radius 3 is 2.50 bits per heavy atom. The molecular weight excluding hydrogens is 220 g/mol. The van der Waals surface area contributed by atoms with Crippen molar-refractivity contribution in [2.24, 2.45) is 5.92 Å². The average Bonchev–Trinajstić information content (AvgIpc) is 1.84. The van der Waals surface area contributed by atoms with Crippen LogP contribution in [0.25, 0.3) is 0 Å². The Morgan fingerprint density at radius 2 is 2.08 bits per heavy atom. The van der Waals surface area contributed by atoms with Gasteiger partial charge in [0, 0.05) is 4.83 Å². The van der Waals surface area contributed by atoms with E-state index in [1.54, 1.807) is 0 Å². The van der Waals surface area contributed by atoms with E-state index in [-0.39, 0.29) is 10.8 Å². The van der Waals surface area contributed by atoms with Gasteiger partial charge in [0.25, 0.3) is 0 Å². The van der Waals surface area contributed by atoms with Crippen LogP contribution in [0.3, 0.4) is 0 Å². The fourth-order valence-corrected chi connectivity index (χ4v) is 2.01. The Kier molecular flexibility index (Phi) is 6.44. The van der Waals surface area contributed by atoms with E-state index in [0.29, 0.717) is 18.9 Å². The molecule has 0 N–H and O–H groups in total. The summed E-state index contributed by atoms with van der Waals surface area (Å²) in [5.74, 6) is 0.504. The first kappa shape index (κ1) is 11.9. The van der Waals surface area contributed by atoms with Gasteiger partial charge in [-0.25, -0.2) is 0 Å². The second kappa shape index (κ2) is 6.46. The maximum atomic E-state index is 11.0. The van der Waals surface area contributed by atoms with Gasteiger partial charge in [0.1, 0.15) is 0 Å². The first-order valence-corrected chi connectivity index (χ1v) is 5.27. The minimum absolute atomic E-state index is 0.111. The number of alkyl halides is 1. The standard InChI is InChI=1S/C9H17BrO2/c1-4-12-9(11)6-8(10)5-7(2)3/h7-8H,4-6H2,1-3H3/t8-/m1/s1. The highest BCUT2D eigenvalue weighted by Gasteiger charge is 2.12. The Labute approximate surface area is 82.8 Å². The van der Waals surface area contributed by atoms with Crippen molar-refractivity contribution in [2.45, 2.75) is 38.4 Å². The molecule has 3 heteroatoms. The predicted octanol–water partition coefficient (Wildman–Crippen LogP) is 2.75. The van der Waals surface area contributed by atoms with Crippen LogP contribution in [0, 0.1) is 5.92 Å². The zero-order valence-corrected chi connectivity index (χ0v) is 9.56. The van der Waals surface area contributed by atoms with Crippen LogP contribution in [0.15, 0.2) is 0 Å². The molecule has 0 fully saturated rings. The van der Waals surface area contributed by atoms with Gasteiger partial charge in [0.15, 0.2) is 0 Å². The first-order chi connectivity index (χ1) is 5.56. The number of carbonyl (C=O) groups is 1. The molecule has 0 aliphatic heterocycles. The molecule has 0 bridgehead atoms. The highest BCUT2D eigenvalue weighted by molar-refractivity contribution is 9.09. The molecule has 0 aromatic rings. The Bertz CT molecular complexity index is 134. The zero-order chi connectivity index (χ0) is 9.56. The van der Waals surface area contributed by atoms with Crippen LogP contribution in [0.2, 0.25) is 0 Å². The van der Waals surface area contributed by atoms with Crippen LogP contribution in [0.1, 0.15) is 33.6 Å². The normalized spacial score (nSPS) is 13.1. The second-order valence-electron chi connectivity index (χ2n) is 3.24. The summed E-state index contributed by atoms with van der Waals surface area (Å²) >= 11 is 3.45. The van der Waals surface area contributed by atoms with Crippen molar-refractivity contribution in [3.8, 4) is 0 Å². The third-order valence-electron chi connectivity index (χ3n) is 1.42. The fourth-order valence-electron chi connectivity index (χ4n) is 0.996. The van der Waals surface area contributed by atoms with E-state index < -0.39 is 0 Å². The topological polar surface area (TPSA) is 26.3 Å². The summed E-state index contributed by atoms with van der Waals surface area (Å²) in [7, 11) is 0. The van der Waals surface area contributed by atoms with E-state index >= 15 is 0 Å². The van der Waals surface area contributed by atoms with Gasteiger partial charge in [0.05, 0.1) is 13.0 Å². The summed E-state index contributed by atoms with van der Waals surface area (Å²) in [6, 6.07) is 0. The number of hydrogen-bond donors (Lipinski definition) is 0. The summed E-state index contributed by atoms with van der Waals surface area (Å²) in [5.41, 5.74) is 0. The van der Waals surface area contributed by atoms with Crippen LogP contribution in [-0.2, 0) is 9.53 Å². The van der Waals surface area contributed by atoms with Crippen LogP contribution < -0.4 is 0 Å². The van der Waals surface area contributed by atoms with Gasteiger partial charge >= 0.3 is 5.97 Å². The van der Waals surface area contributed by atoms with Crippen molar-refractivity contribution in [1.29, 1.82) is 0 Å². The van der Waals surface area contributed by atoms with Crippen LogP contribution in [-0.4, -0.2) is 17.4 Å². The van der Waals surface area contributed by atoms with E-state index in [2.05, 4.69) is 29.8 Å². The summed E-state index contributed by atoms with van der Waals surface area (Å²) in [5, 5.41) is 0. The van der Waals surface area contributed by atoms with Gasteiger partial charge in [-0.2, -0.15) is 0 Å². The Balaban J connectivity index is 3.54. The minimum atomic E-state index is -0.111. The van der Waals surface area contributed by atoms with Gasteiger partial charge in [-0.1, -0.05) is 29.8 Å². The molecule has 0 rings (SSSR count). The summed E-state index contributed by atoms with van der Waals surface area (Å²) in [6.45, 7) is 6.57. The molecule has 12 heavy (non-hydrogen) atoms. The maximum absolute atomic E-state index is 11.0. The van der Waals surface area contributed by atoms with E-state index in [1.807, 2.05) is 6.92 Å². The van der Waals surface area contributed by atoms with Crippen molar-refractivity contribution in [3.63, 3.8) is 0 Å². The Morgan fingerprint density at radius 1 is 1.50 bits per heavy atom. The molecule has 1 atom stereocenters. The van der Waals surface area contributed by atoms with Gasteiger partial charge in [-0.05, 0) is 19.3 Å². The lowest BCUT2D eigenvalue weighted by molar-refractivity contribution is -0.143. The number of esters is 1. The van der Waals surface area contributed by atoms with Crippen LogP contribution in [0.5, 0.6) is 0 Å². The zero-order valence-electron chi connectivity index (χ0n) is 7.97. The molecule has 2 nitrogen and oxygen atoms in total. The smallest absolute Gasteiger partial charge is 0.306 e. The van der Waals surface area contributed by atoms with Crippen molar-refractivity contribution >= 4 is 21.9 Å². The highest BCUT2D eigenvalue weighted by atomic mass is 79.9. The first-order valence-electron chi connectivity index (χ1n) is 4.36. The molecular formula is C9H17BrO2. The predicted molar refractivity (Wildman–Crippen MR) is 53.4 cm³/mol. The second-order valence-corrected chi connectivity index (χ2v) is 4.53. The number of ether oxygens (including phenoxy) is 1. The lowest BCUT2D eigenvalue weighted by atomic mass is 10.1. The third kappa shape index (κ3) is 6.65. The molecule has 72 valence electrons. The maximum Gasteiger partial charge on any atom is 0.306 e. The molecule has 0 aliphatic rings. The molecule has 0 radical (unpaired) electrons. The van der Waals surface area contributed by atoms with Crippen LogP contribution >= 0.6 is 15.9 Å². The van der Waals surface area contributed by atoms with Gasteiger partial charge in [-0.15, -0.1) is 0 Å². The summed E-state index contributed by atoms with van der Waals surface area (Å²) in [4.78, 5) is 11.2. The van der Waals surface area contributed by atoms with Crippen molar-refractivity contribution in [2.75, 3.05) is 6.61 Å². The minimum Gasteiger partial charge on any atom is -0.466 e. The van der Waals surface area contributed by atoms with Gasteiger partial charge in [-0.3, -0.25) is 4.79 Å². The molecule has 0 aromatic heterocycles. The van der Waals surface area contributed by atoms with Crippen molar-refractivity contribution in [3.05, 3.63) is 0 Å². The molecule has 0 heterocycles. The molecule has 0 saturated carbocycles. The molecule has 0 spiro atoms. The summed E-state index contributed by atoms with van der Waals surface area (Å²) < 4.78 is 4.83. The molecule has 0 aromatic carbocycles. The summed E-state index contributed by atoms with van der Waals surface area (Å²) in [6.07, 6.45) is 1.49. The fraction of sp³-hybridized carbons (Fsp3) is 0.889. The van der Waals surface area contributed by atoms with Gasteiger partial charge < -0.3 is 4.74 Å². The molecule has 0 saturated heterocycles. The van der Waals surface area contributed by atoms with E-state index in [0.717, 1.165) is 6.42 Å². The van der Waals surface area contributed by atoms with E-state index in [1.165, 1.54) is 0 Å². The molecule has 0 unspecified atom stereocenters. The lowest BCUT2D eigenvalue weighted by Gasteiger charge is -2.10. The lowest BCUT2D eigenvalue weighted by Crippen LogP contribution is -2.12. The Hall–Kier alpha value is -0.0500. The van der Waals surface area contributed by atoms with E-state index in [4.69, 9.17) is 4.74 Å².